The average molecular weight is 395 g/mol. The number of hydrogen-bond acceptors (Lipinski definition) is 2. The molecule has 2 rings (SSSR count). The molecule has 0 unspecified atom stereocenters. The Morgan fingerprint density at radius 3 is 2.50 bits per heavy atom. The molecule has 2 N–H and O–H groups in total. The minimum Gasteiger partial charge on any atom is -0.507 e. The molecule has 0 heterocycles. The third-order valence-corrected chi connectivity index (χ3v) is 3.56. The molecule has 0 radical (unpaired) electrons. The summed E-state index contributed by atoms with van der Waals surface area (Å²) in [4.78, 5) is 12.0. The van der Waals surface area contributed by atoms with Crippen molar-refractivity contribution in [3.8, 4) is 5.75 Å². The smallest absolute Gasteiger partial charge is 0.417 e. The quantitative estimate of drug-likeness (QED) is 0.746. The summed E-state index contributed by atoms with van der Waals surface area (Å²) in [7, 11) is 0. The molecular weight excluding hydrogens is 387 g/mol. The van der Waals surface area contributed by atoms with E-state index in [0.29, 0.717) is 4.47 Å². The highest BCUT2D eigenvalue weighted by Crippen LogP contribution is 2.36. The molecule has 0 fully saturated rings. The minimum atomic E-state index is -4.63. The van der Waals surface area contributed by atoms with Gasteiger partial charge in [-0.15, -0.1) is 0 Å². The van der Waals surface area contributed by atoms with Crippen LogP contribution in [0, 0.1) is 0 Å². The van der Waals surface area contributed by atoms with E-state index in [2.05, 4.69) is 21.2 Å². The van der Waals surface area contributed by atoms with Crippen LogP contribution in [0.3, 0.4) is 0 Å². The molecule has 3 nitrogen and oxygen atoms in total. The van der Waals surface area contributed by atoms with Crippen molar-refractivity contribution in [3.05, 3.63) is 57.0 Å². The van der Waals surface area contributed by atoms with Crippen LogP contribution in [-0.2, 0) is 6.18 Å². The highest BCUT2D eigenvalue weighted by molar-refractivity contribution is 9.10. The molecule has 0 atom stereocenters. The van der Waals surface area contributed by atoms with Gasteiger partial charge in [-0.05, 0) is 36.4 Å². The van der Waals surface area contributed by atoms with E-state index in [9.17, 15) is 23.1 Å². The lowest BCUT2D eigenvalue weighted by Gasteiger charge is -2.12. The van der Waals surface area contributed by atoms with Crippen molar-refractivity contribution in [1.29, 1.82) is 0 Å². The normalized spacial score (nSPS) is 11.3. The molecule has 0 spiro atoms. The third-order valence-electron chi connectivity index (χ3n) is 2.73. The first-order chi connectivity index (χ1) is 10.2. The fraction of sp³-hybridized carbons (Fsp3) is 0.0714. The highest BCUT2D eigenvalue weighted by atomic mass is 79.9. The molecule has 0 saturated carbocycles. The number of benzene rings is 2. The van der Waals surface area contributed by atoms with Crippen molar-refractivity contribution in [3.63, 3.8) is 0 Å². The summed E-state index contributed by atoms with van der Waals surface area (Å²) in [5, 5.41) is 11.5. The van der Waals surface area contributed by atoms with E-state index in [1.807, 2.05) is 0 Å². The summed E-state index contributed by atoms with van der Waals surface area (Å²) in [6.45, 7) is 0. The maximum Gasteiger partial charge on any atom is 0.417 e. The standard InChI is InChI=1S/C14H8BrClF3NO2/c15-7-1-4-12(21)9(5-7)13(22)20-8-2-3-11(16)10(6-8)14(17,18)19/h1-6,21H,(H,20,22). The van der Waals surface area contributed by atoms with Crippen molar-refractivity contribution in [1.82, 2.24) is 0 Å². The van der Waals surface area contributed by atoms with Crippen molar-refractivity contribution in [2.75, 3.05) is 5.32 Å². The Labute approximate surface area is 136 Å². The number of phenols is 1. The average Bonchev–Trinajstić information content (AvgIpc) is 2.42. The zero-order chi connectivity index (χ0) is 16.5. The van der Waals surface area contributed by atoms with Crippen molar-refractivity contribution in [2.45, 2.75) is 6.18 Å². The van der Waals surface area contributed by atoms with Gasteiger partial charge < -0.3 is 10.4 Å². The van der Waals surface area contributed by atoms with Gasteiger partial charge in [0.15, 0.2) is 0 Å². The monoisotopic (exact) mass is 393 g/mol. The topological polar surface area (TPSA) is 49.3 Å². The fourth-order valence-electron chi connectivity index (χ4n) is 1.71. The molecule has 2 aromatic rings. The Kier molecular flexibility index (Phi) is 4.67. The molecule has 22 heavy (non-hydrogen) atoms. The molecule has 0 aromatic heterocycles. The van der Waals surface area contributed by atoms with Crippen molar-refractivity contribution in [2.24, 2.45) is 0 Å². The van der Waals surface area contributed by atoms with E-state index in [4.69, 9.17) is 11.6 Å². The number of halogens is 5. The first kappa shape index (κ1) is 16.6. The van der Waals surface area contributed by atoms with Crippen LogP contribution < -0.4 is 5.32 Å². The second-order valence-corrected chi connectivity index (χ2v) is 5.63. The highest BCUT2D eigenvalue weighted by Gasteiger charge is 2.33. The van der Waals surface area contributed by atoms with Gasteiger partial charge in [-0.1, -0.05) is 27.5 Å². The van der Waals surface area contributed by atoms with E-state index < -0.39 is 22.7 Å². The van der Waals surface area contributed by atoms with Gasteiger partial charge in [0, 0.05) is 10.2 Å². The largest absolute Gasteiger partial charge is 0.507 e. The molecular formula is C14H8BrClF3NO2. The van der Waals surface area contributed by atoms with Gasteiger partial charge in [0.1, 0.15) is 5.75 Å². The minimum absolute atomic E-state index is 0.0714. The number of alkyl halides is 3. The second-order valence-electron chi connectivity index (χ2n) is 4.31. The predicted octanol–water partition coefficient (Wildman–Crippen LogP) is 5.08. The lowest BCUT2D eigenvalue weighted by Crippen LogP contribution is -2.13. The fourth-order valence-corrected chi connectivity index (χ4v) is 2.29. The Hall–Kier alpha value is -1.73. The van der Waals surface area contributed by atoms with Crippen LogP contribution in [0.4, 0.5) is 18.9 Å². The Morgan fingerprint density at radius 1 is 1.18 bits per heavy atom. The summed E-state index contributed by atoms with van der Waals surface area (Å²) in [5.41, 5.74) is -1.20. The number of hydrogen-bond donors (Lipinski definition) is 2. The van der Waals surface area contributed by atoms with E-state index >= 15 is 0 Å². The van der Waals surface area contributed by atoms with Gasteiger partial charge in [-0.25, -0.2) is 0 Å². The van der Waals surface area contributed by atoms with E-state index in [1.165, 1.54) is 24.3 Å². The number of aromatic hydroxyl groups is 1. The molecule has 0 bridgehead atoms. The van der Waals surface area contributed by atoms with Gasteiger partial charge in [0.25, 0.3) is 5.91 Å². The Morgan fingerprint density at radius 2 is 1.86 bits per heavy atom. The van der Waals surface area contributed by atoms with E-state index in [0.717, 1.165) is 12.1 Å². The summed E-state index contributed by atoms with van der Waals surface area (Å²) < 4.78 is 38.8. The lowest BCUT2D eigenvalue weighted by atomic mass is 10.1. The summed E-state index contributed by atoms with van der Waals surface area (Å²) in [5.74, 6) is -1.03. The SMILES string of the molecule is O=C(Nc1ccc(Cl)c(C(F)(F)F)c1)c1cc(Br)ccc1O. The molecule has 1 amide bonds. The number of rotatable bonds is 2. The van der Waals surface area contributed by atoms with Crippen molar-refractivity contribution >= 4 is 39.1 Å². The Balaban J connectivity index is 2.31. The number of nitrogens with one attached hydrogen (secondary N) is 1. The third kappa shape index (κ3) is 3.72. The molecule has 0 aliphatic heterocycles. The van der Waals surface area contributed by atoms with Crippen LogP contribution >= 0.6 is 27.5 Å². The van der Waals surface area contributed by atoms with Gasteiger partial charge in [0.05, 0.1) is 16.1 Å². The molecule has 2 aromatic carbocycles. The van der Waals surface area contributed by atoms with E-state index in [-0.39, 0.29) is 17.0 Å². The van der Waals surface area contributed by atoms with Gasteiger partial charge in [0.2, 0.25) is 0 Å². The van der Waals surface area contributed by atoms with Gasteiger partial charge in [-0.2, -0.15) is 13.2 Å². The summed E-state index contributed by atoms with van der Waals surface area (Å²) in [6, 6.07) is 7.18. The maximum atomic E-state index is 12.8. The Bertz CT molecular complexity index is 735. The second kappa shape index (κ2) is 6.18. The van der Waals surface area contributed by atoms with Crippen LogP contribution in [0.25, 0.3) is 0 Å². The zero-order valence-electron chi connectivity index (χ0n) is 10.7. The first-order valence-electron chi connectivity index (χ1n) is 5.85. The number of phenolic OH excluding ortho intramolecular Hbond substituents is 1. The van der Waals surface area contributed by atoms with Crippen LogP contribution in [-0.4, -0.2) is 11.0 Å². The lowest BCUT2D eigenvalue weighted by molar-refractivity contribution is -0.137. The maximum absolute atomic E-state index is 12.8. The number of carbonyl (C=O) groups is 1. The van der Waals surface area contributed by atoms with Crippen LogP contribution in [0.1, 0.15) is 15.9 Å². The number of carbonyl (C=O) groups excluding carboxylic acids is 1. The van der Waals surface area contributed by atoms with Gasteiger partial charge >= 0.3 is 6.18 Å². The molecule has 8 heteroatoms. The molecule has 0 aliphatic carbocycles. The molecule has 0 aliphatic rings. The molecule has 116 valence electrons. The van der Waals surface area contributed by atoms with Crippen LogP contribution in [0.2, 0.25) is 5.02 Å². The summed E-state index contributed by atoms with van der Waals surface area (Å²) >= 11 is 8.64. The molecule has 0 saturated heterocycles. The van der Waals surface area contributed by atoms with Crippen LogP contribution in [0.5, 0.6) is 5.75 Å². The van der Waals surface area contributed by atoms with Crippen LogP contribution in [0.15, 0.2) is 40.9 Å². The zero-order valence-corrected chi connectivity index (χ0v) is 13.1. The van der Waals surface area contributed by atoms with E-state index in [1.54, 1.807) is 0 Å². The number of anilines is 1. The first-order valence-corrected chi connectivity index (χ1v) is 7.02. The van der Waals surface area contributed by atoms with Gasteiger partial charge in [-0.3, -0.25) is 4.79 Å². The summed E-state index contributed by atoms with van der Waals surface area (Å²) in [6.07, 6.45) is -4.63. The predicted molar refractivity (Wildman–Crippen MR) is 80.2 cm³/mol. The number of amides is 1. The van der Waals surface area contributed by atoms with Crippen molar-refractivity contribution < 1.29 is 23.1 Å².